The fourth-order valence-electron chi connectivity index (χ4n) is 3.72. The summed E-state index contributed by atoms with van der Waals surface area (Å²) in [5.41, 5.74) is 2.69. The molecule has 1 heterocycles. The van der Waals surface area contributed by atoms with Gasteiger partial charge in [-0.15, -0.1) is 17.0 Å². The summed E-state index contributed by atoms with van der Waals surface area (Å²) in [6.07, 6.45) is 0.611. The second-order valence-electron chi connectivity index (χ2n) is 9.89. The van der Waals surface area contributed by atoms with Gasteiger partial charge in [0.15, 0.2) is 11.5 Å². The fraction of sp³-hybridized carbons (Fsp3) is 0.464. The maximum absolute atomic E-state index is 12.5. The number of hydrogen-bond donors (Lipinski definition) is 1. The second kappa shape index (κ2) is 13.4. The van der Waals surface area contributed by atoms with Crippen molar-refractivity contribution in [3.63, 3.8) is 0 Å². The van der Waals surface area contributed by atoms with Crippen LogP contribution in [0, 0.1) is 17.8 Å². The number of carbonyl (C=O) groups excluding carboxylic acids is 3. The van der Waals surface area contributed by atoms with E-state index in [9.17, 15) is 14.4 Å². The highest BCUT2D eigenvalue weighted by atomic mass is 79.9. The highest BCUT2D eigenvalue weighted by Gasteiger charge is 2.29. The quantitative estimate of drug-likeness (QED) is 0.315. The Hall–Kier alpha value is -2.42. The molecule has 0 saturated heterocycles. The van der Waals surface area contributed by atoms with Gasteiger partial charge in [0.2, 0.25) is 0 Å². The summed E-state index contributed by atoms with van der Waals surface area (Å²) in [6, 6.07) is 9.10. The molecule has 2 aromatic rings. The van der Waals surface area contributed by atoms with Gasteiger partial charge in [-0.2, -0.15) is 0 Å². The molecular weight excluding hydrogens is 562 g/mol. The van der Waals surface area contributed by atoms with Crippen molar-refractivity contribution in [2.24, 2.45) is 17.8 Å². The van der Waals surface area contributed by atoms with Gasteiger partial charge >= 0.3 is 17.9 Å². The molecule has 0 spiro atoms. The number of nitrogens with one attached hydrogen (secondary N) is 1. The van der Waals surface area contributed by atoms with Crippen molar-refractivity contribution in [2.75, 3.05) is 13.1 Å². The van der Waals surface area contributed by atoms with E-state index in [-0.39, 0.29) is 63.1 Å². The molecular formula is C28H35BrClNO6. The van der Waals surface area contributed by atoms with Crippen LogP contribution >= 0.6 is 28.6 Å². The van der Waals surface area contributed by atoms with Gasteiger partial charge in [0.25, 0.3) is 0 Å². The highest BCUT2D eigenvalue weighted by molar-refractivity contribution is 8.93. The molecule has 1 aliphatic heterocycles. The molecule has 0 fully saturated rings. The summed E-state index contributed by atoms with van der Waals surface area (Å²) in [4.78, 5) is 36.9. The fourth-order valence-corrected chi connectivity index (χ4v) is 4.05. The zero-order chi connectivity index (χ0) is 26.6. The topological polar surface area (TPSA) is 90.9 Å². The van der Waals surface area contributed by atoms with Gasteiger partial charge in [0.1, 0.15) is 5.75 Å². The lowest BCUT2D eigenvalue weighted by molar-refractivity contribution is -0.140. The van der Waals surface area contributed by atoms with E-state index < -0.39 is 11.9 Å². The molecule has 0 radical (unpaired) electrons. The Balaban J connectivity index is 0.00000481. The van der Waals surface area contributed by atoms with Crippen LogP contribution in [-0.4, -0.2) is 31.0 Å². The average molecular weight is 597 g/mol. The zero-order valence-corrected chi connectivity index (χ0v) is 24.5. The number of esters is 3. The van der Waals surface area contributed by atoms with Crippen LogP contribution in [0.1, 0.15) is 64.2 Å². The van der Waals surface area contributed by atoms with Gasteiger partial charge in [-0.25, -0.2) is 0 Å². The molecule has 7 nitrogen and oxygen atoms in total. The van der Waals surface area contributed by atoms with Crippen molar-refractivity contribution >= 4 is 46.5 Å². The molecule has 0 unspecified atom stereocenters. The second-order valence-corrected chi connectivity index (χ2v) is 10.3. The minimum absolute atomic E-state index is 0. The minimum atomic E-state index is -0.464. The number of rotatable bonds is 7. The van der Waals surface area contributed by atoms with Crippen LogP contribution in [0.25, 0.3) is 0 Å². The third-order valence-corrected chi connectivity index (χ3v) is 6.33. The number of ether oxygens (including phenoxy) is 3. The summed E-state index contributed by atoms with van der Waals surface area (Å²) in [5, 5.41) is 3.70. The Kier molecular flexibility index (Phi) is 11.2. The maximum atomic E-state index is 12.5. The van der Waals surface area contributed by atoms with E-state index in [4.69, 9.17) is 25.8 Å². The standard InChI is InChI=1S/C28H34ClNO6.BrH/c1-15(2)26(31)34-19-9-7-18(8-10-19)22-14-30-12-11-20-21(22)13-23(35-27(32)16(3)4)25(24(20)29)36-28(33)17(5)6;/h7-10,13,15-17,22,30H,11-12,14H2,1-6H3;1H/t22-;/m1./s1. The third-order valence-electron chi connectivity index (χ3n) is 5.93. The summed E-state index contributed by atoms with van der Waals surface area (Å²) < 4.78 is 16.7. The van der Waals surface area contributed by atoms with Crippen LogP contribution in [0.5, 0.6) is 17.2 Å². The maximum Gasteiger partial charge on any atom is 0.313 e. The minimum Gasteiger partial charge on any atom is -0.426 e. The summed E-state index contributed by atoms with van der Waals surface area (Å²) >= 11 is 6.83. The smallest absolute Gasteiger partial charge is 0.313 e. The van der Waals surface area contributed by atoms with E-state index in [2.05, 4.69) is 5.32 Å². The van der Waals surface area contributed by atoms with Crippen molar-refractivity contribution in [1.29, 1.82) is 0 Å². The Bertz CT molecular complexity index is 1130. The summed E-state index contributed by atoms with van der Waals surface area (Å²) in [7, 11) is 0. The number of fused-ring (bicyclic) bond motifs is 1. The van der Waals surface area contributed by atoms with Crippen LogP contribution in [0.4, 0.5) is 0 Å². The summed E-state index contributed by atoms with van der Waals surface area (Å²) in [6.45, 7) is 11.8. The Labute approximate surface area is 234 Å². The first kappa shape index (κ1) is 30.8. The number of hydrogen-bond acceptors (Lipinski definition) is 7. The van der Waals surface area contributed by atoms with E-state index in [1.807, 2.05) is 12.1 Å². The van der Waals surface area contributed by atoms with Gasteiger partial charge < -0.3 is 19.5 Å². The largest absolute Gasteiger partial charge is 0.426 e. The molecule has 9 heteroatoms. The molecule has 1 N–H and O–H groups in total. The van der Waals surface area contributed by atoms with Crippen LogP contribution < -0.4 is 19.5 Å². The molecule has 1 atom stereocenters. The van der Waals surface area contributed by atoms with E-state index in [1.165, 1.54) is 0 Å². The lowest BCUT2D eigenvalue weighted by atomic mass is 9.87. The van der Waals surface area contributed by atoms with Gasteiger partial charge in [0.05, 0.1) is 22.8 Å². The predicted molar refractivity (Wildman–Crippen MR) is 148 cm³/mol. The van der Waals surface area contributed by atoms with Gasteiger partial charge in [-0.3, -0.25) is 14.4 Å². The van der Waals surface area contributed by atoms with Crippen LogP contribution in [0.2, 0.25) is 5.02 Å². The predicted octanol–water partition coefficient (Wildman–Crippen LogP) is 5.88. The first-order valence-corrected chi connectivity index (χ1v) is 12.7. The molecule has 37 heavy (non-hydrogen) atoms. The molecule has 2 aromatic carbocycles. The van der Waals surface area contributed by atoms with Crippen molar-refractivity contribution in [3.8, 4) is 17.2 Å². The highest BCUT2D eigenvalue weighted by Crippen LogP contribution is 2.45. The van der Waals surface area contributed by atoms with Crippen molar-refractivity contribution in [2.45, 2.75) is 53.9 Å². The number of benzene rings is 2. The normalized spacial score (nSPS) is 15.0. The van der Waals surface area contributed by atoms with E-state index in [0.717, 1.165) is 16.7 Å². The molecule has 3 rings (SSSR count). The number of carbonyl (C=O) groups is 3. The van der Waals surface area contributed by atoms with Crippen molar-refractivity contribution in [1.82, 2.24) is 5.32 Å². The Morgan fingerprint density at radius 1 is 0.865 bits per heavy atom. The lowest BCUT2D eigenvalue weighted by Crippen LogP contribution is -2.21. The van der Waals surface area contributed by atoms with Crippen LogP contribution in [0.15, 0.2) is 30.3 Å². The Morgan fingerprint density at radius 2 is 1.41 bits per heavy atom. The van der Waals surface area contributed by atoms with E-state index in [0.29, 0.717) is 25.3 Å². The van der Waals surface area contributed by atoms with E-state index in [1.54, 1.807) is 59.7 Å². The molecule has 0 bridgehead atoms. The molecule has 1 aliphatic rings. The van der Waals surface area contributed by atoms with Gasteiger partial charge in [0, 0.05) is 12.5 Å². The van der Waals surface area contributed by atoms with Gasteiger partial charge in [-0.05, 0) is 47.9 Å². The van der Waals surface area contributed by atoms with Crippen LogP contribution in [0.3, 0.4) is 0 Å². The van der Waals surface area contributed by atoms with Gasteiger partial charge in [-0.1, -0.05) is 65.3 Å². The molecule has 0 saturated carbocycles. The van der Waals surface area contributed by atoms with Crippen molar-refractivity contribution < 1.29 is 28.6 Å². The number of halogens is 2. The summed E-state index contributed by atoms with van der Waals surface area (Å²) in [5.74, 6) is -1.66. The van der Waals surface area contributed by atoms with Crippen LogP contribution in [-0.2, 0) is 20.8 Å². The zero-order valence-electron chi connectivity index (χ0n) is 22.1. The molecule has 0 aliphatic carbocycles. The monoisotopic (exact) mass is 595 g/mol. The SMILES string of the molecule is Br.CC(C)C(=O)Oc1ccc([C@H]2CNCCc3c2cc(OC(=O)C(C)C)c(OC(=O)C(C)C)c3Cl)cc1. The lowest BCUT2D eigenvalue weighted by Gasteiger charge is -2.23. The average Bonchev–Trinajstić information content (AvgIpc) is 3.04. The molecule has 202 valence electrons. The Morgan fingerprint density at radius 3 is 1.97 bits per heavy atom. The van der Waals surface area contributed by atoms with Crippen molar-refractivity contribution in [3.05, 3.63) is 52.0 Å². The first-order valence-electron chi connectivity index (χ1n) is 12.3. The van der Waals surface area contributed by atoms with E-state index >= 15 is 0 Å². The molecule has 0 amide bonds. The molecule has 0 aromatic heterocycles. The first-order chi connectivity index (χ1) is 17.0. The third kappa shape index (κ3) is 7.55.